The Hall–Kier alpha value is -2.34. The topological polar surface area (TPSA) is 65.6 Å². The minimum atomic E-state index is -0.611. The van der Waals surface area contributed by atoms with Crippen molar-refractivity contribution in [2.75, 3.05) is 13.2 Å². The van der Waals surface area contributed by atoms with Crippen molar-refractivity contribution in [2.24, 2.45) is 5.92 Å². The third-order valence-electron chi connectivity index (χ3n) is 6.32. The van der Waals surface area contributed by atoms with Crippen LogP contribution < -0.4 is 0 Å². The van der Waals surface area contributed by atoms with Crippen LogP contribution in [0.4, 0.5) is 0 Å². The summed E-state index contributed by atoms with van der Waals surface area (Å²) >= 11 is 0. The van der Waals surface area contributed by atoms with Crippen LogP contribution in [0.3, 0.4) is 0 Å². The van der Waals surface area contributed by atoms with Gasteiger partial charge in [0, 0.05) is 35.6 Å². The lowest BCUT2D eigenvalue weighted by Crippen LogP contribution is -2.51. The van der Waals surface area contributed by atoms with Crippen LogP contribution in [0.15, 0.2) is 30.5 Å². The first-order chi connectivity index (χ1) is 12.5. The Kier molecular flexibility index (Phi) is 3.26. The smallest absolute Gasteiger partial charge is 0.254 e. The molecule has 0 unspecified atom stereocenters. The second-order valence-electron chi connectivity index (χ2n) is 7.98. The standard InChI is InChI=1S/C20H23N3O3/c1-12(2)16-11-26-20-6-8-22(17(20)10-18(24)23(16)20)19(25)14-3-4-15-13(9-14)5-7-21-15/h3-5,7,9,12,16-17,21H,6,8,10-11H2,1-2H3/t16-,17+,20-/m0/s1. The molecule has 26 heavy (non-hydrogen) atoms. The summed E-state index contributed by atoms with van der Waals surface area (Å²) in [4.78, 5) is 32.9. The molecule has 1 spiro atoms. The molecule has 0 saturated carbocycles. The monoisotopic (exact) mass is 353 g/mol. The van der Waals surface area contributed by atoms with Gasteiger partial charge in [-0.1, -0.05) is 13.8 Å². The molecule has 2 aromatic rings. The molecule has 2 amide bonds. The highest BCUT2D eigenvalue weighted by atomic mass is 16.5. The van der Waals surface area contributed by atoms with Crippen LogP contribution >= 0.6 is 0 Å². The van der Waals surface area contributed by atoms with Gasteiger partial charge in [-0.25, -0.2) is 0 Å². The Morgan fingerprint density at radius 2 is 2.19 bits per heavy atom. The summed E-state index contributed by atoms with van der Waals surface area (Å²) in [5.41, 5.74) is 1.07. The molecule has 3 atom stereocenters. The number of nitrogens with zero attached hydrogens (tertiary/aromatic N) is 2. The number of nitrogens with one attached hydrogen (secondary N) is 1. The average molecular weight is 353 g/mol. The molecule has 136 valence electrons. The second kappa shape index (κ2) is 5.33. The minimum Gasteiger partial charge on any atom is -0.361 e. The van der Waals surface area contributed by atoms with Gasteiger partial charge in [-0.15, -0.1) is 0 Å². The molecule has 1 aromatic carbocycles. The number of carbonyl (C=O) groups is 2. The number of carbonyl (C=O) groups excluding carboxylic acids is 2. The van der Waals surface area contributed by atoms with E-state index in [9.17, 15) is 9.59 Å². The molecule has 4 heterocycles. The number of hydrogen-bond acceptors (Lipinski definition) is 3. The molecular weight excluding hydrogens is 330 g/mol. The highest BCUT2D eigenvalue weighted by molar-refractivity contribution is 5.99. The van der Waals surface area contributed by atoms with Gasteiger partial charge < -0.3 is 19.5 Å². The second-order valence-corrected chi connectivity index (χ2v) is 7.98. The fraction of sp³-hybridized carbons (Fsp3) is 0.500. The Balaban J connectivity index is 1.47. The number of aromatic amines is 1. The number of hydrogen-bond donors (Lipinski definition) is 1. The van der Waals surface area contributed by atoms with Crippen LogP contribution in [-0.2, 0) is 9.53 Å². The van der Waals surface area contributed by atoms with Gasteiger partial charge in [-0.2, -0.15) is 0 Å². The SMILES string of the molecule is CC(C)[C@@H]1CO[C@@]23CCN(C(=O)c4ccc5[nH]ccc5c4)[C@@H]2CC(=O)N13. The van der Waals surface area contributed by atoms with E-state index in [1.165, 1.54) is 0 Å². The summed E-state index contributed by atoms with van der Waals surface area (Å²) in [5.74, 6) is 0.448. The molecule has 1 aromatic heterocycles. The van der Waals surface area contributed by atoms with Crippen LogP contribution in [0.1, 0.15) is 37.0 Å². The fourth-order valence-corrected chi connectivity index (χ4v) is 4.97. The quantitative estimate of drug-likeness (QED) is 0.901. The predicted molar refractivity (Wildman–Crippen MR) is 96.5 cm³/mol. The van der Waals surface area contributed by atoms with E-state index in [1.807, 2.05) is 40.3 Å². The molecule has 6 heteroatoms. The zero-order valence-electron chi connectivity index (χ0n) is 15.1. The van der Waals surface area contributed by atoms with Crippen LogP contribution in [0.5, 0.6) is 0 Å². The van der Waals surface area contributed by atoms with E-state index < -0.39 is 5.72 Å². The number of benzene rings is 1. The summed E-state index contributed by atoms with van der Waals surface area (Å²) in [6.07, 6.45) is 2.93. The molecule has 3 aliphatic rings. The van der Waals surface area contributed by atoms with Gasteiger partial charge in [-0.05, 0) is 30.2 Å². The van der Waals surface area contributed by atoms with Crippen molar-refractivity contribution in [1.82, 2.24) is 14.8 Å². The summed E-state index contributed by atoms with van der Waals surface area (Å²) < 4.78 is 6.21. The first-order valence-corrected chi connectivity index (χ1v) is 9.35. The molecule has 5 rings (SSSR count). The Labute approximate surface area is 152 Å². The minimum absolute atomic E-state index is 0.0128. The zero-order chi connectivity index (χ0) is 18.1. The Morgan fingerprint density at radius 3 is 3.00 bits per heavy atom. The number of aromatic nitrogens is 1. The molecule has 1 N–H and O–H groups in total. The number of fused-ring (bicyclic) bond motifs is 1. The first-order valence-electron chi connectivity index (χ1n) is 9.35. The normalized spacial score (nSPS) is 30.5. The van der Waals surface area contributed by atoms with Crippen molar-refractivity contribution < 1.29 is 14.3 Å². The molecule has 3 saturated heterocycles. The van der Waals surface area contributed by atoms with Gasteiger partial charge in [0.15, 0.2) is 5.72 Å². The maximum atomic E-state index is 13.2. The van der Waals surface area contributed by atoms with Gasteiger partial charge in [0.1, 0.15) is 0 Å². The third-order valence-corrected chi connectivity index (χ3v) is 6.32. The fourth-order valence-electron chi connectivity index (χ4n) is 4.97. The van der Waals surface area contributed by atoms with Crippen molar-refractivity contribution in [1.29, 1.82) is 0 Å². The number of likely N-dealkylation sites (tertiary alicyclic amines) is 1. The van der Waals surface area contributed by atoms with Crippen molar-refractivity contribution in [2.45, 2.75) is 44.5 Å². The number of rotatable bonds is 2. The van der Waals surface area contributed by atoms with E-state index in [0.717, 1.165) is 10.9 Å². The summed E-state index contributed by atoms with van der Waals surface area (Å²) in [7, 11) is 0. The Morgan fingerprint density at radius 1 is 1.35 bits per heavy atom. The number of ether oxygens (including phenoxy) is 1. The lowest BCUT2D eigenvalue weighted by Gasteiger charge is -2.34. The number of H-pyrrole nitrogens is 1. The van der Waals surface area contributed by atoms with Gasteiger partial charge in [0.2, 0.25) is 5.91 Å². The zero-order valence-corrected chi connectivity index (χ0v) is 15.1. The third kappa shape index (κ3) is 1.96. The van der Waals surface area contributed by atoms with E-state index >= 15 is 0 Å². The maximum Gasteiger partial charge on any atom is 0.254 e. The van der Waals surface area contributed by atoms with Crippen molar-refractivity contribution >= 4 is 22.7 Å². The number of amides is 2. The maximum absolute atomic E-state index is 13.2. The van der Waals surface area contributed by atoms with E-state index in [2.05, 4.69) is 18.8 Å². The van der Waals surface area contributed by atoms with Gasteiger partial charge in [0.25, 0.3) is 5.91 Å². The van der Waals surface area contributed by atoms with Crippen LogP contribution in [0.2, 0.25) is 0 Å². The van der Waals surface area contributed by atoms with E-state index in [4.69, 9.17) is 4.74 Å². The summed E-state index contributed by atoms with van der Waals surface area (Å²) in [6, 6.07) is 7.59. The molecule has 3 aliphatic heterocycles. The van der Waals surface area contributed by atoms with Crippen molar-refractivity contribution in [3.63, 3.8) is 0 Å². The molecular formula is C20H23N3O3. The Bertz CT molecular complexity index is 905. The van der Waals surface area contributed by atoms with Gasteiger partial charge in [-0.3, -0.25) is 9.59 Å². The van der Waals surface area contributed by atoms with Crippen LogP contribution in [0, 0.1) is 5.92 Å². The lowest BCUT2D eigenvalue weighted by molar-refractivity contribution is -0.139. The summed E-state index contributed by atoms with van der Waals surface area (Å²) in [5, 5.41) is 1.02. The molecule has 0 radical (unpaired) electrons. The van der Waals surface area contributed by atoms with E-state index in [-0.39, 0.29) is 23.9 Å². The van der Waals surface area contributed by atoms with Crippen molar-refractivity contribution in [3.8, 4) is 0 Å². The average Bonchev–Trinajstić information content (AvgIpc) is 3.35. The highest BCUT2D eigenvalue weighted by Gasteiger charge is 2.65. The van der Waals surface area contributed by atoms with Gasteiger partial charge in [0.05, 0.1) is 25.1 Å². The largest absolute Gasteiger partial charge is 0.361 e. The molecule has 0 bridgehead atoms. The lowest BCUT2D eigenvalue weighted by atomic mass is 10.0. The van der Waals surface area contributed by atoms with Crippen molar-refractivity contribution in [3.05, 3.63) is 36.0 Å². The van der Waals surface area contributed by atoms with Crippen LogP contribution in [0.25, 0.3) is 10.9 Å². The van der Waals surface area contributed by atoms with Gasteiger partial charge >= 0.3 is 0 Å². The van der Waals surface area contributed by atoms with E-state index in [0.29, 0.717) is 37.5 Å². The van der Waals surface area contributed by atoms with Crippen LogP contribution in [-0.4, -0.2) is 57.6 Å². The highest BCUT2D eigenvalue weighted by Crippen LogP contribution is 2.49. The molecule has 6 nitrogen and oxygen atoms in total. The molecule has 0 aliphatic carbocycles. The molecule has 3 fully saturated rings. The van der Waals surface area contributed by atoms with E-state index in [1.54, 1.807) is 0 Å². The summed E-state index contributed by atoms with van der Waals surface area (Å²) in [6.45, 7) is 5.44. The first kappa shape index (κ1) is 15.9. The predicted octanol–water partition coefficient (Wildman–Crippen LogP) is 2.37.